The van der Waals surface area contributed by atoms with E-state index in [9.17, 15) is 9.59 Å². The molecule has 0 radical (unpaired) electrons. The Hall–Kier alpha value is -3.17. The Morgan fingerprint density at radius 1 is 1.03 bits per heavy atom. The minimum atomic E-state index is -0.442. The van der Waals surface area contributed by atoms with Crippen LogP contribution in [0.3, 0.4) is 0 Å². The average molecular weight is 442 g/mol. The van der Waals surface area contributed by atoms with Gasteiger partial charge in [0.25, 0.3) is 5.91 Å². The second-order valence-electron chi connectivity index (χ2n) is 7.29. The standard InChI is InChI=1S/C22H23N3O5S/c1-24(2)8-9-25(20(26)14-4-6-15(7-5-14)21(27)28-3)22-23-16-12-17-18(13-19(16)31-22)30-11-10-29-17/h4-7,12-13H,8-11H2,1-3H3. The number of carbonyl (C=O) groups is 2. The van der Waals surface area contributed by atoms with Gasteiger partial charge in [0, 0.05) is 30.8 Å². The first-order valence-corrected chi connectivity index (χ1v) is 10.6. The highest BCUT2D eigenvalue weighted by Crippen LogP contribution is 2.39. The van der Waals surface area contributed by atoms with Gasteiger partial charge in [-0.1, -0.05) is 11.3 Å². The Morgan fingerprint density at radius 3 is 2.32 bits per heavy atom. The fourth-order valence-corrected chi connectivity index (χ4v) is 4.18. The molecule has 3 aromatic rings. The molecule has 2 heterocycles. The van der Waals surface area contributed by atoms with E-state index in [2.05, 4.69) is 0 Å². The molecule has 1 aliphatic heterocycles. The summed E-state index contributed by atoms with van der Waals surface area (Å²) in [6.07, 6.45) is 0. The molecule has 31 heavy (non-hydrogen) atoms. The molecule has 9 heteroatoms. The van der Waals surface area contributed by atoms with Crippen molar-refractivity contribution in [3.05, 3.63) is 47.5 Å². The maximum Gasteiger partial charge on any atom is 0.337 e. The van der Waals surface area contributed by atoms with Crippen LogP contribution >= 0.6 is 11.3 Å². The molecule has 0 unspecified atom stereocenters. The molecule has 0 bridgehead atoms. The van der Waals surface area contributed by atoms with Gasteiger partial charge in [-0.15, -0.1) is 0 Å². The number of fused-ring (bicyclic) bond motifs is 2. The monoisotopic (exact) mass is 441 g/mol. The van der Waals surface area contributed by atoms with Crippen LogP contribution in [0.2, 0.25) is 0 Å². The van der Waals surface area contributed by atoms with Crippen molar-refractivity contribution >= 4 is 38.6 Å². The van der Waals surface area contributed by atoms with Crippen LogP contribution in [0, 0.1) is 0 Å². The minimum absolute atomic E-state index is 0.186. The maximum absolute atomic E-state index is 13.4. The topological polar surface area (TPSA) is 81.2 Å². The van der Waals surface area contributed by atoms with Crippen LogP contribution in [-0.4, -0.2) is 69.3 Å². The molecule has 0 saturated carbocycles. The zero-order chi connectivity index (χ0) is 22.0. The van der Waals surface area contributed by atoms with E-state index in [0.717, 1.165) is 10.2 Å². The highest BCUT2D eigenvalue weighted by Gasteiger charge is 2.23. The average Bonchev–Trinajstić information content (AvgIpc) is 3.19. The van der Waals surface area contributed by atoms with E-state index in [1.165, 1.54) is 18.4 Å². The first-order valence-electron chi connectivity index (χ1n) is 9.81. The third kappa shape index (κ3) is 4.47. The summed E-state index contributed by atoms with van der Waals surface area (Å²) in [5, 5.41) is 0.598. The van der Waals surface area contributed by atoms with E-state index in [-0.39, 0.29) is 5.91 Å². The number of benzene rings is 2. The zero-order valence-electron chi connectivity index (χ0n) is 17.6. The summed E-state index contributed by atoms with van der Waals surface area (Å²) in [5.74, 6) is 0.733. The lowest BCUT2D eigenvalue weighted by atomic mass is 10.1. The highest BCUT2D eigenvalue weighted by molar-refractivity contribution is 7.22. The van der Waals surface area contributed by atoms with Crippen LogP contribution in [0.1, 0.15) is 20.7 Å². The number of nitrogens with zero attached hydrogens (tertiary/aromatic N) is 3. The molecule has 0 atom stereocenters. The van der Waals surface area contributed by atoms with Crippen molar-refractivity contribution in [2.45, 2.75) is 0 Å². The van der Waals surface area contributed by atoms with Crippen LogP contribution in [0.4, 0.5) is 5.13 Å². The number of carbonyl (C=O) groups excluding carboxylic acids is 2. The van der Waals surface area contributed by atoms with Gasteiger partial charge in [-0.2, -0.15) is 0 Å². The number of anilines is 1. The van der Waals surface area contributed by atoms with Gasteiger partial charge >= 0.3 is 5.97 Å². The lowest BCUT2D eigenvalue weighted by molar-refractivity contribution is 0.0600. The van der Waals surface area contributed by atoms with Gasteiger partial charge in [-0.3, -0.25) is 9.69 Å². The fourth-order valence-electron chi connectivity index (χ4n) is 3.17. The number of aromatic nitrogens is 1. The van der Waals surface area contributed by atoms with E-state index in [1.807, 2.05) is 31.1 Å². The lowest BCUT2D eigenvalue weighted by Crippen LogP contribution is -2.36. The van der Waals surface area contributed by atoms with Crippen molar-refractivity contribution in [3.8, 4) is 11.5 Å². The summed E-state index contributed by atoms with van der Waals surface area (Å²) in [7, 11) is 5.23. The Labute approximate surface area is 183 Å². The van der Waals surface area contributed by atoms with Crippen LogP contribution < -0.4 is 14.4 Å². The molecule has 0 aliphatic carbocycles. The lowest BCUT2D eigenvalue weighted by Gasteiger charge is -2.22. The number of likely N-dealkylation sites (N-methyl/N-ethyl adjacent to an activating group) is 1. The third-order valence-corrected chi connectivity index (χ3v) is 5.88. The van der Waals surface area contributed by atoms with Gasteiger partial charge in [0.05, 0.1) is 22.9 Å². The Kier molecular flexibility index (Phi) is 6.06. The fraction of sp³-hybridized carbons (Fsp3) is 0.318. The van der Waals surface area contributed by atoms with Crippen molar-refractivity contribution < 1.29 is 23.8 Å². The third-order valence-electron chi connectivity index (χ3n) is 4.84. The van der Waals surface area contributed by atoms with E-state index >= 15 is 0 Å². The molecular weight excluding hydrogens is 418 g/mol. The highest BCUT2D eigenvalue weighted by atomic mass is 32.1. The number of ether oxygens (including phenoxy) is 3. The van der Waals surface area contributed by atoms with Gasteiger partial charge in [-0.05, 0) is 38.4 Å². The quantitative estimate of drug-likeness (QED) is 0.544. The smallest absolute Gasteiger partial charge is 0.337 e. The van der Waals surface area contributed by atoms with Crippen molar-refractivity contribution in [1.29, 1.82) is 0 Å². The van der Waals surface area contributed by atoms with Crippen molar-refractivity contribution in [3.63, 3.8) is 0 Å². The predicted molar refractivity (Wildman–Crippen MR) is 119 cm³/mol. The van der Waals surface area contributed by atoms with Crippen LogP contribution in [-0.2, 0) is 4.74 Å². The first kappa shape index (κ1) is 21.1. The second-order valence-corrected chi connectivity index (χ2v) is 8.30. The SMILES string of the molecule is COC(=O)c1ccc(C(=O)N(CCN(C)C)c2nc3cc4c(cc3s2)OCCO4)cc1. The molecule has 0 N–H and O–H groups in total. The molecule has 4 rings (SSSR count). The molecule has 0 saturated heterocycles. The van der Waals surface area contributed by atoms with Gasteiger partial charge in [0.15, 0.2) is 16.6 Å². The largest absolute Gasteiger partial charge is 0.486 e. The van der Waals surface area contributed by atoms with Crippen LogP contribution in [0.25, 0.3) is 10.2 Å². The first-order chi connectivity index (χ1) is 15.0. The number of amides is 1. The van der Waals surface area contributed by atoms with Gasteiger partial charge < -0.3 is 19.1 Å². The van der Waals surface area contributed by atoms with E-state index in [1.54, 1.807) is 29.2 Å². The minimum Gasteiger partial charge on any atom is -0.486 e. The summed E-state index contributed by atoms with van der Waals surface area (Å²) in [6, 6.07) is 10.2. The van der Waals surface area contributed by atoms with Gasteiger partial charge in [-0.25, -0.2) is 9.78 Å². The molecule has 8 nitrogen and oxygen atoms in total. The number of hydrogen-bond acceptors (Lipinski definition) is 8. The summed E-state index contributed by atoms with van der Waals surface area (Å²) < 4.78 is 17.0. The molecule has 1 amide bonds. The van der Waals surface area contributed by atoms with Gasteiger partial charge in [0.1, 0.15) is 13.2 Å². The zero-order valence-corrected chi connectivity index (χ0v) is 18.4. The van der Waals surface area contributed by atoms with E-state index in [0.29, 0.717) is 54.1 Å². The van der Waals surface area contributed by atoms with Crippen molar-refractivity contribution in [2.75, 3.05) is 52.4 Å². The number of thiazole rings is 1. The number of hydrogen-bond donors (Lipinski definition) is 0. The summed E-state index contributed by atoms with van der Waals surface area (Å²) >= 11 is 1.43. The summed E-state index contributed by atoms with van der Waals surface area (Å²) in [6.45, 7) is 2.16. The van der Waals surface area contributed by atoms with Crippen LogP contribution in [0.5, 0.6) is 11.5 Å². The van der Waals surface area contributed by atoms with Gasteiger partial charge in [0.2, 0.25) is 0 Å². The number of rotatable bonds is 6. The number of esters is 1. The Bertz CT molecular complexity index is 1070. The van der Waals surface area contributed by atoms with Crippen molar-refractivity contribution in [1.82, 2.24) is 9.88 Å². The number of methoxy groups -OCH3 is 1. The summed E-state index contributed by atoms with van der Waals surface area (Å²) in [5.41, 5.74) is 1.62. The maximum atomic E-state index is 13.4. The molecular formula is C22H23N3O5S. The molecule has 0 fully saturated rings. The molecule has 1 aliphatic rings. The molecule has 162 valence electrons. The van der Waals surface area contributed by atoms with E-state index < -0.39 is 5.97 Å². The summed E-state index contributed by atoms with van der Waals surface area (Å²) in [4.78, 5) is 33.4. The Morgan fingerprint density at radius 2 is 1.68 bits per heavy atom. The van der Waals surface area contributed by atoms with Crippen molar-refractivity contribution in [2.24, 2.45) is 0 Å². The molecule has 2 aromatic carbocycles. The van der Waals surface area contributed by atoms with E-state index in [4.69, 9.17) is 19.2 Å². The molecule has 0 spiro atoms. The Balaban J connectivity index is 1.67. The molecule has 1 aromatic heterocycles. The van der Waals surface area contributed by atoms with Crippen LogP contribution in [0.15, 0.2) is 36.4 Å². The predicted octanol–water partition coefficient (Wildman–Crippen LogP) is 3.06. The normalized spacial score (nSPS) is 12.8. The second kappa shape index (κ2) is 8.91.